The molecule has 0 radical (unpaired) electrons. The lowest BCUT2D eigenvalue weighted by Crippen LogP contribution is -2.32. The summed E-state index contributed by atoms with van der Waals surface area (Å²) < 4.78 is 0. The van der Waals surface area contributed by atoms with Crippen molar-refractivity contribution in [3.8, 4) is 0 Å². The molecule has 1 heterocycles. The number of hydrogen-bond donors (Lipinski definition) is 0. The maximum Gasteiger partial charge on any atom is 0.129 e. The van der Waals surface area contributed by atoms with Crippen LogP contribution in [0.3, 0.4) is 0 Å². The first kappa shape index (κ1) is 12.7. The van der Waals surface area contributed by atoms with Crippen molar-refractivity contribution in [3.63, 3.8) is 0 Å². The molecule has 15 heavy (non-hydrogen) atoms. The van der Waals surface area contributed by atoms with Gasteiger partial charge in [-0.1, -0.05) is 20.8 Å². The summed E-state index contributed by atoms with van der Waals surface area (Å²) in [5.74, 6) is 1.95. The summed E-state index contributed by atoms with van der Waals surface area (Å²) >= 11 is 0. The van der Waals surface area contributed by atoms with Gasteiger partial charge in [-0.2, -0.15) is 0 Å². The van der Waals surface area contributed by atoms with Gasteiger partial charge in [0, 0.05) is 19.0 Å². The molecular formula is C13H25NO. The molecule has 1 fully saturated rings. The van der Waals surface area contributed by atoms with E-state index in [1.54, 1.807) is 6.92 Å². The summed E-state index contributed by atoms with van der Waals surface area (Å²) in [5.41, 5.74) is 0. The molecule has 0 spiro atoms. The van der Waals surface area contributed by atoms with E-state index in [1.165, 1.54) is 13.0 Å². The highest BCUT2D eigenvalue weighted by Crippen LogP contribution is 2.31. The number of Topliss-reactive ketones (excluding diaryl/α,β-unsaturated/α-hetero) is 1. The molecule has 1 aliphatic rings. The van der Waals surface area contributed by atoms with Crippen molar-refractivity contribution >= 4 is 5.78 Å². The number of ketones is 1. The highest BCUT2D eigenvalue weighted by atomic mass is 16.1. The summed E-state index contributed by atoms with van der Waals surface area (Å²) in [4.78, 5) is 13.5. The summed E-state index contributed by atoms with van der Waals surface area (Å²) in [6.07, 6.45) is 3.02. The Bertz CT molecular complexity index is 215. The van der Waals surface area contributed by atoms with Crippen LogP contribution in [0.25, 0.3) is 0 Å². The fourth-order valence-corrected chi connectivity index (χ4v) is 2.80. The van der Waals surface area contributed by atoms with Crippen LogP contribution in [0.2, 0.25) is 0 Å². The van der Waals surface area contributed by atoms with Crippen molar-refractivity contribution in [1.29, 1.82) is 0 Å². The smallest absolute Gasteiger partial charge is 0.129 e. The number of nitrogens with zero attached hydrogens (tertiary/aromatic N) is 1. The average Bonchev–Trinajstić information content (AvgIpc) is 2.42. The number of hydrogen-bond acceptors (Lipinski definition) is 2. The predicted molar refractivity (Wildman–Crippen MR) is 63.9 cm³/mol. The van der Waals surface area contributed by atoms with Gasteiger partial charge in [-0.15, -0.1) is 0 Å². The molecule has 0 aromatic rings. The summed E-state index contributed by atoms with van der Waals surface area (Å²) in [7, 11) is 0. The third kappa shape index (κ3) is 3.30. The van der Waals surface area contributed by atoms with E-state index in [2.05, 4.69) is 25.7 Å². The highest BCUT2D eigenvalue weighted by Gasteiger charge is 2.34. The van der Waals surface area contributed by atoms with E-state index >= 15 is 0 Å². The van der Waals surface area contributed by atoms with Crippen LogP contribution in [-0.4, -0.2) is 29.8 Å². The molecule has 1 rings (SSSR count). The third-order valence-corrected chi connectivity index (χ3v) is 3.89. The molecule has 0 N–H and O–H groups in total. The Hall–Kier alpha value is -0.370. The first-order chi connectivity index (χ1) is 7.06. The van der Waals surface area contributed by atoms with Crippen LogP contribution in [0.5, 0.6) is 0 Å². The molecule has 1 unspecified atom stereocenters. The van der Waals surface area contributed by atoms with Crippen molar-refractivity contribution in [3.05, 3.63) is 0 Å². The van der Waals surface area contributed by atoms with Crippen molar-refractivity contribution in [2.75, 3.05) is 13.1 Å². The molecule has 0 amide bonds. The Balaban J connectivity index is 2.37. The van der Waals surface area contributed by atoms with Crippen LogP contribution in [0, 0.1) is 11.8 Å². The first-order valence-electron chi connectivity index (χ1n) is 6.29. The van der Waals surface area contributed by atoms with Crippen molar-refractivity contribution in [2.24, 2.45) is 11.8 Å². The zero-order chi connectivity index (χ0) is 11.4. The van der Waals surface area contributed by atoms with E-state index in [9.17, 15) is 4.79 Å². The minimum atomic E-state index is 0.323. The lowest BCUT2D eigenvalue weighted by molar-refractivity contribution is -0.117. The minimum absolute atomic E-state index is 0.323. The molecule has 0 aromatic heterocycles. The molecule has 0 bridgehead atoms. The number of likely N-dealkylation sites (tertiary alicyclic amines) is 1. The SMILES string of the molecule is CC[C@@H]1C(C)[C@H](C)CN1CCCC(C)=O. The lowest BCUT2D eigenvalue weighted by Gasteiger charge is -2.25. The van der Waals surface area contributed by atoms with E-state index in [-0.39, 0.29) is 0 Å². The monoisotopic (exact) mass is 211 g/mol. The van der Waals surface area contributed by atoms with Crippen molar-refractivity contribution < 1.29 is 4.79 Å². The second kappa shape index (κ2) is 5.64. The Labute approximate surface area is 94.0 Å². The van der Waals surface area contributed by atoms with Gasteiger partial charge in [-0.05, 0) is 38.1 Å². The Morgan fingerprint density at radius 1 is 1.40 bits per heavy atom. The second-order valence-corrected chi connectivity index (χ2v) is 5.11. The van der Waals surface area contributed by atoms with Gasteiger partial charge in [0.2, 0.25) is 0 Å². The van der Waals surface area contributed by atoms with Gasteiger partial charge in [0.25, 0.3) is 0 Å². The van der Waals surface area contributed by atoms with E-state index in [0.717, 1.165) is 37.3 Å². The molecule has 0 aliphatic carbocycles. The third-order valence-electron chi connectivity index (χ3n) is 3.89. The molecule has 1 aliphatic heterocycles. The number of carbonyl (C=O) groups excluding carboxylic acids is 1. The summed E-state index contributed by atoms with van der Waals surface area (Å²) in [6.45, 7) is 11.0. The molecule has 88 valence electrons. The van der Waals surface area contributed by atoms with Crippen LogP contribution in [0.1, 0.15) is 47.0 Å². The standard InChI is InChI=1S/C13H25NO/c1-5-13-12(4)10(2)9-14(13)8-6-7-11(3)15/h10,12-13H,5-9H2,1-4H3/t10-,12?,13-/m1/s1. The molecule has 1 saturated heterocycles. The van der Waals surface area contributed by atoms with Gasteiger partial charge in [-0.25, -0.2) is 0 Å². The van der Waals surface area contributed by atoms with Gasteiger partial charge in [0.1, 0.15) is 5.78 Å². The Morgan fingerprint density at radius 3 is 2.60 bits per heavy atom. The number of carbonyl (C=O) groups is 1. The highest BCUT2D eigenvalue weighted by molar-refractivity contribution is 5.75. The van der Waals surface area contributed by atoms with Gasteiger partial charge >= 0.3 is 0 Å². The zero-order valence-corrected chi connectivity index (χ0v) is 10.6. The van der Waals surface area contributed by atoms with Gasteiger partial charge in [0.15, 0.2) is 0 Å². The fourth-order valence-electron chi connectivity index (χ4n) is 2.80. The van der Waals surface area contributed by atoms with E-state index in [0.29, 0.717) is 5.78 Å². The largest absolute Gasteiger partial charge is 0.300 e. The van der Waals surface area contributed by atoms with Crippen LogP contribution >= 0.6 is 0 Å². The van der Waals surface area contributed by atoms with Crippen LogP contribution in [0.4, 0.5) is 0 Å². The van der Waals surface area contributed by atoms with E-state index < -0.39 is 0 Å². The molecule has 0 saturated carbocycles. The predicted octanol–water partition coefficient (Wildman–Crippen LogP) is 2.72. The normalized spacial score (nSPS) is 32.1. The van der Waals surface area contributed by atoms with Gasteiger partial charge in [0.05, 0.1) is 0 Å². The molecule has 3 atom stereocenters. The van der Waals surface area contributed by atoms with Gasteiger partial charge in [-0.3, -0.25) is 4.90 Å². The Morgan fingerprint density at radius 2 is 2.07 bits per heavy atom. The number of rotatable bonds is 5. The van der Waals surface area contributed by atoms with Crippen LogP contribution < -0.4 is 0 Å². The lowest BCUT2D eigenvalue weighted by atomic mass is 9.93. The summed E-state index contributed by atoms with van der Waals surface area (Å²) in [6, 6.07) is 0.743. The Kier molecular flexibility index (Phi) is 4.78. The molecule has 0 aromatic carbocycles. The molecule has 2 nitrogen and oxygen atoms in total. The van der Waals surface area contributed by atoms with Crippen molar-refractivity contribution in [2.45, 2.75) is 53.0 Å². The maximum absolute atomic E-state index is 10.9. The first-order valence-corrected chi connectivity index (χ1v) is 6.29. The minimum Gasteiger partial charge on any atom is -0.300 e. The second-order valence-electron chi connectivity index (χ2n) is 5.11. The average molecular weight is 211 g/mol. The zero-order valence-electron chi connectivity index (χ0n) is 10.6. The van der Waals surface area contributed by atoms with Crippen LogP contribution in [-0.2, 0) is 4.79 Å². The van der Waals surface area contributed by atoms with E-state index in [1.807, 2.05) is 0 Å². The molecule has 2 heteroatoms. The van der Waals surface area contributed by atoms with Crippen LogP contribution in [0.15, 0.2) is 0 Å². The maximum atomic E-state index is 10.9. The molecular weight excluding hydrogens is 186 g/mol. The fraction of sp³-hybridized carbons (Fsp3) is 0.923. The van der Waals surface area contributed by atoms with E-state index in [4.69, 9.17) is 0 Å². The quantitative estimate of drug-likeness (QED) is 0.697. The van der Waals surface area contributed by atoms with Crippen molar-refractivity contribution in [1.82, 2.24) is 4.90 Å². The topological polar surface area (TPSA) is 20.3 Å². The van der Waals surface area contributed by atoms with Gasteiger partial charge < -0.3 is 4.79 Å². The summed E-state index contributed by atoms with van der Waals surface area (Å²) in [5, 5.41) is 0.